The van der Waals surface area contributed by atoms with Gasteiger partial charge in [-0.1, -0.05) is 23.7 Å². The van der Waals surface area contributed by atoms with Gasteiger partial charge in [0.1, 0.15) is 5.84 Å². The van der Waals surface area contributed by atoms with Crippen molar-refractivity contribution in [1.29, 1.82) is 5.26 Å². The molecular weight excluding hydrogens is 346 g/mol. The molecule has 1 heterocycles. The molecule has 25 heavy (non-hydrogen) atoms. The third-order valence-corrected chi connectivity index (χ3v) is 4.57. The molecular formula is C18H15ClF2N4. The minimum Gasteiger partial charge on any atom is -0.330 e. The molecule has 1 saturated carbocycles. The van der Waals surface area contributed by atoms with Crippen LogP contribution in [0.25, 0.3) is 5.57 Å². The van der Waals surface area contributed by atoms with Gasteiger partial charge in [-0.25, -0.2) is 8.78 Å². The van der Waals surface area contributed by atoms with Gasteiger partial charge in [-0.2, -0.15) is 10.4 Å². The molecule has 1 unspecified atom stereocenters. The highest BCUT2D eigenvalue weighted by atomic mass is 35.5. The van der Waals surface area contributed by atoms with E-state index in [-0.39, 0.29) is 12.8 Å². The molecule has 4 nitrogen and oxygen atoms in total. The average molecular weight is 361 g/mol. The van der Waals surface area contributed by atoms with E-state index >= 15 is 0 Å². The highest BCUT2D eigenvalue weighted by Gasteiger charge is 2.57. The van der Waals surface area contributed by atoms with E-state index in [2.05, 4.69) is 23.0 Å². The van der Waals surface area contributed by atoms with Gasteiger partial charge >= 0.3 is 0 Å². The van der Waals surface area contributed by atoms with Crippen LogP contribution in [0.5, 0.6) is 0 Å². The van der Waals surface area contributed by atoms with Crippen molar-refractivity contribution in [1.82, 2.24) is 4.90 Å². The maximum atomic E-state index is 13.2. The minimum absolute atomic E-state index is 0.124. The molecule has 0 saturated heterocycles. The van der Waals surface area contributed by atoms with Gasteiger partial charge in [0.25, 0.3) is 5.92 Å². The summed E-state index contributed by atoms with van der Waals surface area (Å²) >= 11 is 6.41. The standard InChI is InChI=1S/C18H15ClF2N4/c1-23-24-17(8-14-9-18(14,20)21)25-7-6-15(16(19)11-25)13-4-2-12(10-22)3-5-13/h2-7,14H,1,8-9,11H2/b24-17-. The van der Waals surface area contributed by atoms with Crippen molar-refractivity contribution in [3.05, 3.63) is 52.7 Å². The first-order valence-electron chi connectivity index (χ1n) is 7.69. The van der Waals surface area contributed by atoms with Crippen LogP contribution >= 0.6 is 11.6 Å². The van der Waals surface area contributed by atoms with E-state index in [9.17, 15) is 8.78 Å². The number of benzene rings is 1. The van der Waals surface area contributed by atoms with Crippen molar-refractivity contribution in [2.75, 3.05) is 6.54 Å². The van der Waals surface area contributed by atoms with Gasteiger partial charge in [0, 0.05) is 36.7 Å². The van der Waals surface area contributed by atoms with Crippen molar-refractivity contribution in [3.63, 3.8) is 0 Å². The van der Waals surface area contributed by atoms with Crippen molar-refractivity contribution in [2.45, 2.75) is 18.8 Å². The van der Waals surface area contributed by atoms with Gasteiger partial charge in [0.05, 0.1) is 18.2 Å². The number of hydrogen-bond acceptors (Lipinski definition) is 3. The molecule has 2 aliphatic rings. The number of amidine groups is 1. The minimum atomic E-state index is -2.62. The second-order valence-corrected chi connectivity index (χ2v) is 6.43. The first-order chi connectivity index (χ1) is 11.9. The van der Waals surface area contributed by atoms with Crippen molar-refractivity contribution < 1.29 is 8.78 Å². The molecule has 0 bridgehead atoms. The van der Waals surface area contributed by atoms with Crippen LogP contribution in [-0.4, -0.2) is 29.9 Å². The molecule has 1 aliphatic heterocycles. The zero-order chi connectivity index (χ0) is 18.0. The van der Waals surface area contributed by atoms with Crippen LogP contribution in [0.1, 0.15) is 24.0 Å². The molecule has 7 heteroatoms. The molecule has 1 aromatic carbocycles. The van der Waals surface area contributed by atoms with Gasteiger partial charge in [0.2, 0.25) is 0 Å². The molecule has 128 valence electrons. The summed E-state index contributed by atoms with van der Waals surface area (Å²) in [6, 6.07) is 9.15. The molecule has 0 amide bonds. The Hall–Kier alpha value is -2.52. The molecule has 1 aliphatic carbocycles. The molecule has 0 aromatic heterocycles. The second-order valence-electron chi connectivity index (χ2n) is 5.98. The number of allylic oxidation sites excluding steroid dienone is 2. The number of nitrogens with zero attached hydrogens (tertiary/aromatic N) is 4. The van der Waals surface area contributed by atoms with Crippen LogP contribution in [0.15, 0.2) is 51.8 Å². The van der Waals surface area contributed by atoms with Gasteiger partial charge < -0.3 is 4.90 Å². The van der Waals surface area contributed by atoms with Gasteiger partial charge in [0.15, 0.2) is 0 Å². The lowest BCUT2D eigenvalue weighted by Crippen LogP contribution is -2.30. The number of rotatable bonds is 4. The van der Waals surface area contributed by atoms with E-state index in [1.165, 1.54) is 0 Å². The van der Waals surface area contributed by atoms with Crippen LogP contribution in [0.2, 0.25) is 0 Å². The normalized spacial score (nSPS) is 21.9. The summed E-state index contributed by atoms with van der Waals surface area (Å²) in [5.74, 6) is -2.90. The van der Waals surface area contributed by atoms with Crippen molar-refractivity contribution in [3.8, 4) is 6.07 Å². The molecule has 1 fully saturated rings. The number of alkyl halides is 2. The van der Waals surface area contributed by atoms with Gasteiger partial charge in [-0.15, -0.1) is 5.10 Å². The summed E-state index contributed by atoms with van der Waals surface area (Å²) in [4.78, 5) is 1.71. The average Bonchev–Trinajstić information content (AvgIpc) is 3.21. The third-order valence-electron chi connectivity index (χ3n) is 4.25. The van der Waals surface area contributed by atoms with Crippen LogP contribution < -0.4 is 0 Å². The molecule has 3 rings (SSSR count). The lowest BCUT2D eigenvalue weighted by molar-refractivity contribution is 0.0998. The zero-order valence-corrected chi connectivity index (χ0v) is 14.0. The fraction of sp³-hybridized carbons (Fsp3) is 0.278. The Kier molecular flexibility index (Phi) is 4.69. The smallest absolute Gasteiger partial charge is 0.252 e. The summed E-state index contributed by atoms with van der Waals surface area (Å²) in [5, 5.41) is 16.8. The number of nitriles is 1. The number of halogens is 3. The second kappa shape index (κ2) is 6.77. The van der Waals surface area contributed by atoms with Crippen molar-refractivity contribution >= 4 is 29.7 Å². The van der Waals surface area contributed by atoms with Gasteiger partial charge in [-0.05, 0) is 29.3 Å². The lowest BCUT2D eigenvalue weighted by atomic mass is 10.0. The summed E-state index contributed by atoms with van der Waals surface area (Å²) in [5.41, 5.74) is 2.28. The molecule has 1 aromatic rings. The summed E-state index contributed by atoms with van der Waals surface area (Å²) in [6.45, 7) is 3.63. The van der Waals surface area contributed by atoms with E-state index in [1.807, 2.05) is 12.1 Å². The zero-order valence-electron chi connectivity index (χ0n) is 13.3. The largest absolute Gasteiger partial charge is 0.330 e. The number of hydrogen-bond donors (Lipinski definition) is 0. The van der Waals surface area contributed by atoms with E-state index in [0.717, 1.165) is 11.1 Å². The van der Waals surface area contributed by atoms with E-state index in [4.69, 9.17) is 16.9 Å². The SMILES string of the molecule is C=N/N=C(/CC1CC1(F)F)N1C=CC(c2ccc(C#N)cc2)=C(Cl)C1. The summed E-state index contributed by atoms with van der Waals surface area (Å²) in [7, 11) is 0. The summed E-state index contributed by atoms with van der Waals surface area (Å²) in [6.07, 6.45) is 3.56. The van der Waals surface area contributed by atoms with E-state index in [0.29, 0.717) is 23.0 Å². The molecule has 0 N–H and O–H groups in total. The Morgan fingerprint density at radius 1 is 1.40 bits per heavy atom. The van der Waals surface area contributed by atoms with Crippen molar-refractivity contribution in [2.24, 2.45) is 16.1 Å². The fourth-order valence-corrected chi connectivity index (χ4v) is 3.01. The quantitative estimate of drug-likeness (QED) is 0.454. The third kappa shape index (κ3) is 3.77. The van der Waals surface area contributed by atoms with Crippen LogP contribution in [0, 0.1) is 17.2 Å². The topological polar surface area (TPSA) is 51.8 Å². The van der Waals surface area contributed by atoms with Crippen LogP contribution in [0.4, 0.5) is 8.78 Å². The predicted octanol–water partition coefficient (Wildman–Crippen LogP) is 4.40. The maximum absolute atomic E-state index is 13.2. The van der Waals surface area contributed by atoms with Gasteiger partial charge in [-0.3, -0.25) is 0 Å². The molecule has 0 radical (unpaired) electrons. The predicted molar refractivity (Wildman–Crippen MR) is 94.4 cm³/mol. The first kappa shape index (κ1) is 17.3. The maximum Gasteiger partial charge on any atom is 0.252 e. The Balaban J connectivity index is 1.76. The monoisotopic (exact) mass is 360 g/mol. The summed E-state index contributed by atoms with van der Waals surface area (Å²) < 4.78 is 26.4. The Bertz CT molecular complexity index is 818. The first-order valence-corrected chi connectivity index (χ1v) is 8.07. The Morgan fingerprint density at radius 3 is 2.60 bits per heavy atom. The molecule has 0 spiro atoms. The highest BCUT2D eigenvalue weighted by molar-refractivity contribution is 6.33. The molecule has 1 atom stereocenters. The Labute approximate surface area is 149 Å². The highest BCUT2D eigenvalue weighted by Crippen LogP contribution is 2.51. The van der Waals surface area contributed by atoms with Crippen LogP contribution in [0.3, 0.4) is 0 Å². The van der Waals surface area contributed by atoms with Crippen LogP contribution in [-0.2, 0) is 0 Å². The fourth-order valence-electron chi connectivity index (χ4n) is 2.71. The van der Waals surface area contributed by atoms with E-state index in [1.54, 1.807) is 29.3 Å². The Morgan fingerprint density at radius 2 is 2.08 bits per heavy atom. The van der Waals surface area contributed by atoms with E-state index < -0.39 is 11.8 Å². The lowest BCUT2D eigenvalue weighted by Gasteiger charge is -2.26.